The molecule has 0 aliphatic carbocycles. The summed E-state index contributed by atoms with van der Waals surface area (Å²) in [7, 11) is 0. The van der Waals surface area contributed by atoms with Crippen molar-refractivity contribution in [2.24, 2.45) is 5.73 Å². The Labute approximate surface area is 90.6 Å². The summed E-state index contributed by atoms with van der Waals surface area (Å²) in [6, 6.07) is 3.70. The molecule has 0 fully saturated rings. The predicted octanol–water partition coefficient (Wildman–Crippen LogP) is 2.51. The Morgan fingerprint density at radius 2 is 2.00 bits per heavy atom. The zero-order chi connectivity index (χ0) is 12.3. The molecule has 0 atom stereocenters. The molecule has 16 heavy (non-hydrogen) atoms. The number of hydrogen-bond acceptors (Lipinski definition) is 1. The number of hydrogen-bond donors (Lipinski definition) is 1. The van der Waals surface area contributed by atoms with E-state index in [1.807, 2.05) is 0 Å². The van der Waals surface area contributed by atoms with Gasteiger partial charge in [-0.3, -0.25) is 4.79 Å². The van der Waals surface area contributed by atoms with Crippen LogP contribution in [0.2, 0.25) is 0 Å². The molecule has 1 amide bonds. The van der Waals surface area contributed by atoms with Crippen LogP contribution in [-0.2, 0) is 11.0 Å². The average molecular weight is 229 g/mol. The quantitative estimate of drug-likeness (QED) is 0.778. The Hall–Kier alpha value is -1.78. The van der Waals surface area contributed by atoms with Gasteiger partial charge in [0.25, 0.3) is 0 Å². The molecule has 2 N–H and O–H groups in total. The molecule has 86 valence electrons. The summed E-state index contributed by atoms with van der Waals surface area (Å²) in [5.74, 6) is -0.783. The van der Waals surface area contributed by atoms with Gasteiger partial charge in [0.1, 0.15) is 0 Å². The zero-order valence-corrected chi connectivity index (χ0v) is 8.51. The minimum absolute atomic E-state index is 0.0636. The van der Waals surface area contributed by atoms with Crippen molar-refractivity contribution in [2.75, 3.05) is 0 Å². The van der Waals surface area contributed by atoms with E-state index in [1.165, 1.54) is 12.1 Å². The van der Waals surface area contributed by atoms with Crippen molar-refractivity contribution in [2.45, 2.75) is 13.1 Å². The Morgan fingerprint density at radius 3 is 2.50 bits per heavy atom. The fourth-order valence-corrected chi connectivity index (χ4v) is 1.25. The molecule has 0 bridgehead atoms. The van der Waals surface area contributed by atoms with Crippen molar-refractivity contribution < 1.29 is 18.0 Å². The van der Waals surface area contributed by atoms with Crippen molar-refractivity contribution in [3.8, 4) is 0 Å². The van der Waals surface area contributed by atoms with Crippen molar-refractivity contribution >= 4 is 12.0 Å². The zero-order valence-electron chi connectivity index (χ0n) is 8.51. The molecule has 0 aliphatic heterocycles. The monoisotopic (exact) mass is 229 g/mol. The maximum Gasteiger partial charge on any atom is 0.416 e. The highest BCUT2D eigenvalue weighted by Crippen LogP contribution is 2.32. The maximum atomic E-state index is 12.6. The normalized spacial score (nSPS) is 12.0. The van der Waals surface area contributed by atoms with Crippen LogP contribution in [0.15, 0.2) is 24.3 Å². The number of nitrogens with two attached hydrogens (primary N) is 1. The van der Waals surface area contributed by atoms with Gasteiger partial charge in [-0.1, -0.05) is 17.7 Å². The third kappa shape index (κ3) is 3.12. The minimum atomic E-state index is -4.44. The molecule has 0 aromatic heterocycles. The average Bonchev–Trinajstić information content (AvgIpc) is 2.12. The Kier molecular flexibility index (Phi) is 3.37. The van der Waals surface area contributed by atoms with Crippen LogP contribution in [0.3, 0.4) is 0 Å². The number of alkyl halides is 3. The number of carbonyl (C=O) groups excluding carboxylic acids is 1. The lowest BCUT2D eigenvalue weighted by Crippen LogP contribution is -2.09. The summed E-state index contributed by atoms with van der Waals surface area (Å²) in [5, 5.41) is 0. The van der Waals surface area contributed by atoms with Gasteiger partial charge in [-0.15, -0.1) is 0 Å². The van der Waals surface area contributed by atoms with Gasteiger partial charge in [0, 0.05) is 6.08 Å². The van der Waals surface area contributed by atoms with Crippen molar-refractivity contribution in [3.63, 3.8) is 0 Å². The largest absolute Gasteiger partial charge is 0.416 e. The van der Waals surface area contributed by atoms with Crippen molar-refractivity contribution in [1.29, 1.82) is 0 Å². The number of carbonyl (C=O) groups is 1. The standard InChI is InChI=1S/C11H10F3NO/c1-7-2-4-9(11(12,13)14)8(6-7)3-5-10(15)16/h2-6H,1H3,(H2,15,16)/b5-3+. The molecule has 0 spiro atoms. The molecule has 1 aromatic carbocycles. The molecule has 0 saturated carbocycles. The summed E-state index contributed by atoms with van der Waals surface area (Å²) < 4.78 is 37.7. The molecular formula is C11H10F3NO. The summed E-state index contributed by atoms with van der Waals surface area (Å²) in [5.41, 5.74) is 4.66. The summed E-state index contributed by atoms with van der Waals surface area (Å²) >= 11 is 0. The molecule has 0 radical (unpaired) electrons. The van der Waals surface area contributed by atoms with Crippen LogP contribution in [-0.4, -0.2) is 5.91 Å². The van der Waals surface area contributed by atoms with Crippen LogP contribution in [0.1, 0.15) is 16.7 Å². The summed E-state index contributed by atoms with van der Waals surface area (Å²) in [4.78, 5) is 10.5. The third-order valence-corrected chi connectivity index (χ3v) is 1.94. The molecule has 0 unspecified atom stereocenters. The van der Waals surface area contributed by atoms with Gasteiger partial charge in [0.15, 0.2) is 0 Å². The second-order valence-electron chi connectivity index (χ2n) is 3.32. The number of primary amides is 1. The van der Waals surface area contributed by atoms with E-state index >= 15 is 0 Å². The topological polar surface area (TPSA) is 43.1 Å². The predicted molar refractivity (Wildman–Crippen MR) is 54.4 cm³/mol. The van der Waals surface area contributed by atoms with E-state index in [4.69, 9.17) is 5.73 Å². The highest BCUT2D eigenvalue weighted by atomic mass is 19.4. The van der Waals surface area contributed by atoms with Crippen LogP contribution in [0.5, 0.6) is 0 Å². The SMILES string of the molecule is Cc1ccc(C(F)(F)F)c(/C=C/C(N)=O)c1. The molecule has 5 heteroatoms. The number of amides is 1. The highest BCUT2D eigenvalue weighted by molar-refractivity contribution is 5.90. The first kappa shape index (κ1) is 12.3. The molecule has 2 nitrogen and oxygen atoms in total. The lowest BCUT2D eigenvalue weighted by atomic mass is 10.0. The Balaban J connectivity index is 3.24. The van der Waals surface area contributed by atoms with Crippen LogP contribution in [0.4, 0.5) is 13.2 Å². The fourth-order valence-electron chi connectivity index (χ4n) is 1.25. The lowest BCUT2D eigenvalue weighted by molar-refractivity contribution is -0.137. The second-order valence-corrected chi connectivity index (χ2v) is 3.32. The lowest BCUT2D eigenvalue weighted by Gasteiger charge is -2.10. The minimum Gasteiger partial charge on any atom is -0.366 e. The smallest absolute Gasteiger partial charge is 0.366 e. The van der Waals surface area contributed by atoms with E-state index < -0.39 is 17.6 Å². The van der Waals surface area contributed by atoms with Crippen LogP contribution in [0, 0.1) is 6.92 Å². The van der Waals surface area contributed by atoms with E-state index in [2.05, 4.69) is 0 Å². The van der Waals surface area contributed by atoms with E-state index in [0.29, 0.717) is 5.56 Å². The first-order chi connectivity index (χ1) is 7.30. The van der Waals surface area contributed by atoms with E-state index in [-0.39, 0.29) is 5.56 Å². The van der Waals surface area contributed by atoms with Crippen LogP contribution in [0.25, 0.3) is 6.08 Å². The molecule has 0 saturated heterocycles. The van der Waals surface area contributed by atoms with Gasteiger partial charge in [0.05, 0.1) is 5.56 Å². The number of halogens is 3. The van der Waals surface area contributed by atoms with Gasteiger partial charge in [-0.2, -0.15) is 13.2 Å². The van der Waals surface area contributed by atoms with E-state index in [0.717, 1.165) is 18.2 Å². The van der Waals surface area contributed by atoms with Crippen LogP contribution >= 0.6 is 0 Å². The first-order valence-electron chi connectivity index (χ1n) is 4.46. The van der Waals surface area contributed by atoms with Crippen molar-refractivity contribution in [3.05, 3.63) is 41.0 Å². The molecule has 0 heterocycles. The fraction of sp³-hybridized carbons (Fsp3) is 0.182. The second kappa shape index (κ2) is 4.38. The van der Waals surface area contributed by atoms with Gasteiger partial charge < -0.3 is 5.73 Å². The van der Waals surface area contributed by atoms with E-state index in [1.54, 1.807) is 6.92 Å². The van der Waals surface area contributed by atoms with Gasteiger partial charge in [-0.25, -0.2) is 0 Å². The van der Waals surface area contributed by atoms with E-state index in [9.17, 15) is 18.0 Å². The number of rotatable bonds is 2. The maximum absolute atomic E-state index is 12.6. The summed E-state index contributed by atoms with van der Waals surface area (Å²) in [6.07, 6.45) is -2.47. The Bertz CT molecular complexity index is 435. The molecule has 1 aromatic rings. The third-order valence-electron chi connectivity index (χ3n) is 1.94. The number of aryl methyl sites for hydroxylation is 1. The van der Waals surface area contributed by atoms with Gasteiger partial charge >= 0.3 is 6.18 Å². The van der Waals surface area contributed by atoms with Gasteiger partial charge in [0.2, 0.25) is 5.91 Å². The highest BCUT2D eigenvalue weighted by Gasteiger charge is 2.32. The first-order valence-corrected chi connectivity index (χ1v) is 4.46. The molecule has 0 aliphatic rings. The molecule has 1 rings (SSSR count). The number of benzene rings is 1. The molecular weight excluding hydrogens is 219 g/mol. The van der Waals surface area contributed by atoms with Crippen LogP contribution < -0.4 is 5.73 Å². The van der Waals surface area contributed by atoms with Crippen molar-refractivity contribution in [1.82, 2.24) is 0 Å². The van der Waals surface area contributed by atoms with Gasteiger partial charge in [-0.05, 0) is 24.6 Å². The Morgan fingerprint density at radius 1 is 1.38 bits per heavy atom. The summed E-state index contributed by atoms with van der Waals surface area (Å²) in [6.45, 7) is 1.67.